The van der Waals surface area contributed by atoms with E-state index in [1.807, 2.05) is 6.92 Å². The maximum atomic E-state index is 9.34. The van der Waals surface area contributed by atoms with E-state index in [0.717, 1.165) is 39.1 Å². The minimum atomic E-state index is -0.102. The third-order valence-electron chi connectivity index (χ3n) is 2.68. The average molecular weight is 202 g/mol. The number of likely N-dealkylation sites (tertiary alicyclic amines) is 1. The summed E-state index contributed by atoms with van der Waals surface area (Å²) in [5.41, 5.74) is 5.60. The van der Waals surface area contributed by atoms with Gasteiger partial charge < -0.3 is 20.5 Å². The zero-order valence-electron chi connectivity index (χ0n) is 8.98. The number of piperidine rings is 1. The van der Waals surface area contributed by atoms with Gasteiger partial charge in [0.25, 0.3) is 0 Å². The molecule has 0 aromatic rings. The maximum Gasteiger partial charge on any atom is 0.0823 e. The van der Waals surface area contributed by atoms with Crippen LogP contribution in [0.3, 0.4) is 0 Å². The van der Waals surface area contributed by atoms with E-state index in [-0.39, 0.29) is 12.2 Å². The predicted octanol–water partition coefficient (Wildman–Crippen LogP) is -0.193. The maximum absolute atomic E-state index is 9.34. The van der Waals surface area contributed by atoms with E-state index >= 15 is 0 Å². The fourth-order valence-electron chi connectivity index (χ4n) is 1.82. The van der Waals surface area contributed by atoms with Crippen LogP contribution < -0.4 is 5.73 Å². The molecule has 0 amide bonds. The van der Waals surface area contributed by atoms with Gasteiger partial charge in [-0.2, -0.15) is 0 Å². The van der Waals surface area contributed by atoms with Gasteiger partial charge in [-0.1, -0.05) is 0 Å². The molecule has 0 saturated carbocycles. The van der Waals surface area contributed by atoms with E-state index in [0.29, 0.717) is 6.54 Å². The molecule has 1 saturated heterocycles. The number of nitrogens with two attached hydrogens (primary N) is 1. The van der Waals surface area contributed by atoms with Crippen LogP contribution in [0, 0.1) is 0 Å². The highest BCUT2D eigenvalue weighted by molar-refractivity contribution is 4.74. The van der Waals surface area contributed by atoms with Gasteiger partial charge in [-0.05, 0) is 19.8 Å². The predicted molar refractivity (Wildman–Crippen MR) is 56.1 cm³/mol. The molecule has 4 heteroatoms. The Labute approximate surface area is 86.0 Å². The molecular weight excluding hydrogens is 180 g/mol. The number of aliphatic hydroxyl groups is 1. The van der Waals surface area contributed by atoms with Crippen LogP contribution in [0.1, 0.15) is 19.8 Å². The van der Waals surface area contributed by atoms with Crippen LogP contribution in [0.2, 0.25) is 0 Å². The summed E-state index contributed by atoms with van der Waals surface area (Å²) in [5.74, 6) is 0. The Balaban J connectivity index is 2.21. The summed E-state index contributed by atoms with van der Waals surface area (Å²) in [6.45, 7) is 6.11. The van der Waals surface area contributed by atoms with Crippen molar-refractivity contribution in [2.24, 2.45) is 5.73 Å². The first-order valence-electron chi connectivity index (χ1n) is 5.48. The lowest BCUT2D eigenvalue weighted by molar-refractivity contribution is 0.0170. The molecule has 1 atom stereocenters. The Morgan fingerprint density at radius 2 is 2.14 bits per heavy atom. The van der Waals surface area contributed by atoms with Crippen LogP contribution in [0.5, 0.6) is 0 Å². The Morgan fingerprint density at radius 1 is 1.50 bits per heavy atom. The van der Waals surface area contributed by atoms with Gasteiger partial charge in [0.05, 0.1) is 12.2 Å². The van der Waals surface area contributed by atoms with Crippen molar-refractivity contribution < 1.29 is 9.84 Å². The molecule has 84 valence electrons. The first-order valence-corrected chi connectivity index (χ1v) is 5.48. The number of ether oxygens (including phenoxy) is 1. The summed E-state index contributed by atoms with van der Waals surface area (Å²) < 4.78 is 5.49. The highest BCUT2D eigenvalue weighted by Crippen LogP contribution is 2.10. The lowest BCUT2D eigenvalue weighted by Crippen LogP contribution is -2.43. The van der Waals surface area contributed by atoms with Gasteiger partial charge in [0.2, 0.25) is 0 Å². The van der Waals surface area contributed by atoms with Crippen LogP contribution in [0.15, 0.2) is 0 Å². The van der Waals surface area contributed by atoms with Crippen LogP contribution in [-0.2, 0) is 4.74 Å². The van der Waals surface area contributed by atoms with Crippen molar-refractivity contribution in [1.82, 2.24) is 4.90 Å². The van der Waals surface area contributed by atoms with E-state index in [2.05, 4.69) is 4.90 Å². The molecule has 1 fully saturated rings. The molecule has 1 aliphatic heterocycles. The summed E-state index contributed by atoms with van der Waals surface area (Å²) in [7, 11) is 0. The molecule has 0 bridgehead atoms. The molecule has 1 aliphatic rings. The standard InChI is InChI=1S/C10H22N2O2/c1-2-14-10(7-11)8-12-5-3-9(13)4-6-12/h9-10,13H,2-8,11H2,1H3. The quantitative estimate of drug-likeness (QED) is 0.648. The minimum absolute atomic E-state index is 0.102. The van der Waals surface area contributed by atoms with E-state index in [9.17, 15) is 5.11 Å². The Bertz CT molecular complexity index is 147. The number of nitrogens with zero attached hydrogens (tertiary/aromatic N) is 1. The SMILES string of the molecule is CCOC(CN)CN1CCC(O)CC1. The van der Waals surface area contributed by atoms with Crippen molar-refractivity contribution in [2.45, 2.75) is 32.0 Å². The Hall–Kier alpha value is -0.160. The molecule has 0 aliphatic carbocycles. The highest BCUT2D eigenvalue weighted by atomic mass is 16.5. The van der Waals surface area contributed by atoms with Crippen molar-refractivity contribution in [2.75, 3.05) is 32.8 Å². The molecule has 0 aromatic carbocycles. The Morgan fingerprint density at radius 3 is 2.64 bits per heavy atom. The second kappa shape index (κ2) is 6.35. The smallest absolute Gasteiger partial charge is 0.0823 e. The van der Waals surface area contributed by atoms with Crippen LogP contribution >= 0.6 is 0 Å². The lowest BCUT2D eigenvalue weighted by Gasteiger charge is -2.31. The van der Waals surface area contributed by atoms with Crippen molar-refractivity contribution in [3.05, 3.63) is 0 Å². The summed E-state index contributed by atoms with van der Waals surface area (Å²) in [6, 6.07) is 0. The third kappa shape index (κ3) is 3.92. The molecule has 1 heterocycles. The normalized spacial score (nSPS) is 22.5. The van der Waals surface area contributed by atoms with Crippen LogP contribution in [0.4, 0.5) is 0 Å². The van der Waals surface area contributed by atoms with E-state index in [1.165, 1.54) is 0 Å². The highest BCUT2D eigenvalue weighted by Gasteiger charge is 2.19. The first kappa shape index (κ1) is 11.9. The van der Waals surface area contributed by atoms with Gasteiger partial charge in [-0.15, -0.1) is 0 Å². The van der Waals surface area contributed by atoms with Gasteiger partial charge >= 0.3 is 0 Å². The van der Waals surface area contributed by atoms with E-state index in [4.69, 9.17) is 10.5 Å². The number of hydrogen-bond acceptors (Lipinski definition) is 4. The van der Waals surface area contributed by atoms with Crippen molar-refractivity contribution in [1.29, 1.82) is 0 Å². The zero-order valence-corrected chi connectivity index (χ0v) is 8.98. The second-order valence-corrected chi connectivity index (χ2v) is 3.84. The third-order valence-corrected chi connectivity index (χ3v) is 2.68. The molecule has 1 unspecified atom stereocenters. The Kier molecular flexibility index (Phi) is 5.40. The van der Waals surface area contributed by atoms with E-state index in [1.54, 1.807) is 0 Å². The van der Waals surface area contributed by atoms with Crippen molar-refractivity contribution >= 4 is 0 Å². The average Bonchev–Trinajstić information content (AvgIpc) is 2.20. The van der Waals surface area contributed by atoms with Gasteiger partial charge in [-0.25, -0.2) is 0 Å². The number of hydrogen-bond donors (Lipinski definition) is 2. The minimum Gasteiger partial charge on any atom is -0.393 e. The second-order valence-electron chi connectivity index (χ2n) is 3.84. The molecule has 1 rings (SSSR count). The number of rotatable bonds is 5. The van der Waals surface area contributed by atoms with Gasteiger partial charge in [0, 0.05) is 32.8 Å². The molecule has 3 N–H and O–H groups in total. The van der Waals surface area contributed by atoms with Gasteiger partial charge in [0.15, 0.2) is 0 Å². The van der Waals surface area contributed by atoms with Crippen LogP contribution in [-0.4, -0.2) is 55.0 Å². The molecule has 14 heavy (non-hydrogen) atoms. The van der Waals surface area contributed by atoms with Crippen LogP contribution in [0.25, 0.3) is 0 Å². The molecular formula is C10H22N2O2. The lowest BCUT2D eigenvalue weighted by atomic mass is 10.1. The first-order chi connectivity index (χ1) is 6.76. The van der Waals surface area contributed by atoms with E-state index < -0.39 is 0 Å². The monoisotopic (exact) mass is 202 g/mol. The fraction of sp³-hybridized carbons (Fsp3) is 1.00. The molecule has 0 spiro atoms. The zero-order chi connectivity index (χ0) is 10.4. The summed E-state index contributed by atoms with van der Waals surface area (Å²) in [6.07, 6.45) is 1.80. The summed E-state index contributed by atoms with van der Waals surface area (Å²) >= 11 is 0. The van der Waals surface area contributed by atoms with Gasteiger partial charge in [-0.3, -0.25) is 0 Å². The fourth-order valence-corrected chi connectivity index (χ4v) is 1.82. The largest absolute Gasteiger partial charge is 0.393 e. The topological polar surface area (TPSA) is 58.7 Å². The number of aliphatic hydroxyl groups excluding tert-OH is 1. The summed E-state index contributed by atoms with van der Waals surface area (Å²) in [5, 5.41) is 9.34. The molecule has 0 aromatic heterocycles. The van der Waals surface area contributed by atoms with Gasteiger partial charge in [0.1, 0.15) is 0 Å². The molecule has 0 radical (unpaired) electrons. The van der Waals surface area contributed by atoms with Crippen molar-refractivity contribution in [3.8, 4) is 0 Å². The molecule has 4 nitrogen and oxygen atoms in total. The van der Waals surface area contributed by atoms with Crippen molar-refractivity contribution in [3.63, 3.8) is 0 Å². The summed E-state index contributed by atoms with van der Waals surface area (Å²) in [4.78, 5) is 2.32.